The van der Waals surface area contributed by atoms with Gasteiger partial charge in [0.25, 0.3) is 0 Å². The molecule has 3 nitrogen and oxygen atoms in total. The number of rotatable bonds is 3. The van der Waals surface area contributed by atoms with Crippen molar-refractivity contribution in [2.75, 3.05) is 19.8 Å². The summed E-state index contributed by atoms with van der Waals surface area (Å²) < 4.78 is 10.5. The number of hydrogen-bond acceptors (Lipinski definition) is 3. The third-order valence-electron chi connectivity index (χ3n) is 1.72. The number of hydrogen-bond donors (Lipinski definition) is 1. The molecule has 0 aliphatic carbocycles. The van der Waals surface area contributed by atoms with Gasteiger partial charge in [-0.15, -0.1) is 0 Å². The highest BCUT2D eigenvalue weighted by molar-refractivity contribution is 4.73. The largest absolute Gasteiger partial charge is 0.391 e. The van der Waals surface area contributed by atoms with Gasteiger partial charge in [0.1, 0.15) is 0 Å². The Kier molecular flexibility index (Phi) is 2.65. The lowest BCUT2D eigenvalue weighted by Gasteiger charge is -2.25. The average Bonchev–Trinajstić information content (AvgIpc) is 2.39. The zero-order chi connectivity index (χ0) is 7.45. The third-order valence-corrected chi connectivity index (χ3v) is 1.72. The van der Waals surface area contributed by atoms with Gasteiger partial charge in [0, 0.05) is 13.0 Å². The van der Waals surface area contributed by atoms with Gasteiger partial charge >= 0.3 is 0 Å². The summed E-state index contributed by atoms with van der Waals surface area (Å²) in [5, 5.41) is 8.90. The molecular formula is C7H14O3. The second kappa shape index (κ2) is 3.32. The minimum absolute atomic E-state index is 0.0269. The van der Waals surface area contributed by atoms with Crippen LogP contribution >= 0.6 is 0 Å². The molecule has 1 heterocycles. The van der Waals surface area contributed by atoms with Crippen molar-refractivity contribution < 1.29 is 14.6 Å². The minimum atomic E-state index is -0.658. The molecule has 1 aliphatic rings. The van der Waals surface area contributed by atoms with Crippen LogP contribution in [0.1, 0.15) is 19.8 Å². The first-order chi connectivity index (χ1) is 4.83. The Morgan fingerprint density at radius 3 is 2.90 bits per heavy atom. The average molecular weight is 146 g/mol. The normalized spacial score (nSPS) is 33.0. The van der Waals surface area contributed by atoms with Crippen LogP contribution in [0.3, 0.4) is 0 Å². The van der Waals surface area contributed by atoms with Crippen molar-refractivity contribution in [2.24, 2.45) is 0 Å². The van der Waals surface area contributed by atoms with Crippen LogP contribution in [0.15, 0.2) is 0 Å². The highest BCUT2D eigenvalue weighted by Gasteiger charge is 2.34. The van der Waals surface area contributed by atoms with E-state index in [4.69, 9.17) is 14.6 Å². The summed E-state index contributed by atoms with van der Waals surface area (Å²) in [7, 11) is 0. The zero-order valence-electron chi connectivity index (χ0n) is 6.30. The molecule has 0 amide bonds. The van der Waals surface area contributed by atoms with Crippen molar-refractivity contribution in [3.05, 3.63) is 0 Å². The summed E-state index contributed by atoms with van der Waals surface area (Å²) >= 11 is 0. The van der Waals surface area contributed by atoms with Gasteiger partial charge in [-0.25, -0.2) is 0 Å². The molecule has 1 aliphatic heterocycles. The fourth-order valence-corrected chi connectivity index (χ4v) is 1.22. The van der Waals surface area contributed by atoms with E-state index >= 15 is 0 Å². The summed E-state index contributed by atoms with van der Waals surface area (Å²) in [6.07, 6.45) is 1.80. The van der Waals surface area contributed by atoms with Crippen LogP contribution in [0.4, 0.5) is 0 Å². The van der Waals surface area contributed by atoms with Crippen LogP contribution in [0.2, 0.25) is 0 Å². The van der Waals surface area contributed by atoms with E-state index in [1.807, 2.05) is 6.92 Å². The van der Waals surface area contributed by atoms with Crippen molar-refractivity contribution in [3.63, 3.8) is 0 Å². The van der Waals surface area contributed by atoms with Gasteiger partial charge in [-0.05, 0) is 13.3 Å². The minimum Gasteiger partial charge on any atom is -0.391 e. The fraction of sp³-hybridized carbons (Fsp3) is 1.00. The second-order valence-corrected chi connectivity index (χ2v) is 2.45. The lowest BCUT2D eigenvalue weighted by Crippen LogP contribution is -2.35. The van der Waals surface area contributed by atoms with Gasteiger partial charge in [-0.1, -0.05) is 0 Å². The molecule has 0 radical (unpaired) electrons. The van der Waals surface area contributed by atoms with Crippen LogP contribution in [-0.4, -0.2) is 30.7 Å². The summed E-state index contributed by atoms with van der Waals surface area (Å²) in [6, 6.07) is 0. The van der Waals surface area contributed by atoms with Crippen LogP contribution in [0.25, 0.3) is 0 Å². The predicted octanol–water partition coefficient (Wildman–Crippen LogP) is 0.522. The van der Waals surface area contributed by atoms with E-state index in [0.717, 1.165) is 12.8 Å². The second-order valence-electron chi connectivity index (χ2n) is 2.45. The first-order valence-corrected chi connectivity index (χ1v) is 3.72. The van der Waals surface area contributed by atoms with Crippen molar-refractivity contribution in [1.82, 2.24) is 0 Å². The highest BCUT2D eigenvalue weighted by Crippen LogP contribution is 2.25. The van der Waals surface area contributed by atoms with Crippen molar-refractivity contribution in [3.8, 4) is 0 Å². The number of aliphatic hydroxyl groups is 1. The molecule has 1 saturated heterocycles. The van der Waals surface area contributed by atoms with Crippen LogP contribution in [0.5, 0.6) is 0 Å². The Labute approximate surface area is 60.9 Å². The lowest BCUT2D eigenvalue weighted by atomic mass is 10.2. The van der Waals surface area contributed by atoms with E-state index in [9.17, 15) is 0 Å². The Morgan fingerprint density at radius 2 is 2.50 bits per heavy atom. The Hall–Kier alpha value is -0.120. The van der Waals surface area contributed by atoms with E-state index in [1.54, 1.807) is 0 Å². The van der Waals surface area contributed by atoms with Gasteiger partial charge in [0.15, 0.2) is 5.79 Å². The summed E-state index contributed by atoms with van der Waals surface area (Å²) in [4.78, 5) is 0. The predicted molar refractivity (Wildman–Crippen MR) is 36.6 cm³/mol. The molecule has 0 spiro atoms. The van der Waals surface area contributed by atoms with Gasteiger partial charge in [0.2, 0.25) is 0 Å². The van der Waals surface area contributed by atoms with Gasteiger partial charge in [-0.2, -0.15) is 0 Å². The Morgan fingerprint density at radius 1 is 1.70 bits per heavy atom. The smallest absolute Gasteiger partial charge is 0.191 e. The quantitative estimate of drug-likeness (QED) is 0.631. The summed E-state index contributed by atoms with van der Waals surface area (Å²) in [6.45, 7) is 3.18. The van der Waals surface area contributed by atoms with Crippen molar-refractivity contribution >= 4 is 0 Å². The van der Waals surface area contributed by atoms with Crippen LogP contribution < -0.4 is 0 Å². The molecule has 1 unspecified atom stereocenters. The van der Waals surface area contributed by atoms with E-state index < -0.39 is 5.79 Å². The standard InChI is InChI=1S/C7H14O3/c1-2-9-7(6-8)4-3-5-10-7/h8H,2-6H2,1H3. The molecule has 0 aromatic heterocycles. The van der Waals surface area contributed by atoms with Crippen molar-refractivity contribution in [2.45, 2.75) is 25.6 Å². The van der Waals surface area contributed by atoms with Crippen LogP contribution in [-0.2, 0) is 9.47 Å². The monoisotopic (exact) mass is 146 g/mol. The number of ether oxygens (including phenoxy) is 2. The highest BCUT2D eigenvalue weighted by atomic mass is 16.7. The van der Waals surface area contributed by atoms with Crippen LogP contribution in [0, 0.1) is 0 Å². The molecule has 1 rings (SSSR count). The first-order valence-electron chi connectivity index (χ1n) is 3.72. The van der Waals surface area contributed by atoms with Crippen molar-refractivity contribution in [1.29, 1.82) is 0 Å². The number of aliphatic hydroxyl groups excluding tert-OH is 1. The van der Waals surface area contributed by atoms with E-state index in [-0.39, 0.29) is 6.61 Å². The molecule has 1 N–H and O–H groups in total. The third kappa shape index (κ3) is 1.48. The molecular weight excluding hydrogens is 132 g/mol. The fourth-order valence-electron chi connectivity index (χ4n) is 1.22. The molecule has 0 bridgehead atoms. The molecule has 0 saturated carbocycles. The maximum absolute atomic E-state index is 8.90. The molecule has 1 fully saturated rings. The summed E-state index contributed by atoms with van der Waals surface area (Å²) in [5.41, 5.74) is 0. The molecule has 10 heavy (non-hydrogen) atoms. The van der Waals surface area contributed by atoms with Gasteiger partial charge in [0.05, 0.1) is 13.2 Å². The maximum Gasteiger partial charge on any atom is 0.191 e. The maximum atomic E-state index is 8.90. The van der Waals surface area contributed by atoms with Gasteiger partial charge < -0.3 is 14.6 Å². The van der Waals surface area contributed by atoms with E-state index in [1.165, 1.54) is 0 Å². The molecule has 1 atom stereocenters. The molecule has 3 heteroatoms. The Balaban J connectivity index is 2.41. The Bertz CT molecular complexity index is 97.0. The molecule has 60 valence electrons. The van der Waals surface area contributed by atoms with E-state index in [2.05, 4.69) is 0 Å². The topological polar surface area (TPSA) is 38.7 Å². The first kappa shape index (κ1) is 7.98. The lowest BCUT2D eigenvalue weighted by molar-refractivity contribution is -0.226. The SMILES string of the molecule is CCOC1(CO)CCCO1. The van der Waals surface area contributed by atoms with Gasteiger partial charge in [-0.3, -0.25) is 0 Å². The zero-order valence-corrected chi connectivity index (χ0v) is 6.30. The molecule has 0 aromatic carbocycles. The van der Waals surface area contributed by atoms with E-state index in [0.29, 0.717) is 13.2 Å². The molecule has 0 aromatic rings. The summed E-state index contributed by atoms with van der Waals surface area (Å²) in [5.74, 6) is -0.658.